The first kappa shape index (κ1) is 11.2. The molecule has 16 heavy (non-hydrogen) atoms. The smallest absolute Gasteiger partial charge is 0.0664 e. The van der Waals surface area contributed by atoms with Crippen molar-refractivity contribution < 1.29 is 0 Å². The van der Waals surface area contributed by atoms with E-state index in [4.69, 9.17) is 0 Å². The van der Waals surface area contributed by atoms with Crippen molar-refractivity contribution in [3.05, 3.63) is 35.7 Å². The Kier molecular flexibility index (Phi) is 2.53. The molecule has 0 unspecified atom stereocenters. The molecule has 0 bridgehead atoms. The van der Waals surface area contributed by atoms with Crippen LogP contribution in [0.2, 0.25) is 0 Å². The van der Waals surface area contributed by atoms with Crippen LogP contribution in [0.4, 0.5) is 0 Å². The molecule has 2 rings (SSSR count). The predicted molar refractivity (Wildman–Crippen MR) is 68.0 cm³/mol. The van der Waals surface area contributed by atoms with Crippen molar-refractivity contribution in [2.75, 3.05) is 0 Å². The van der Waals surface area contributed by atoms with Gasteiger partial charge in [0.15, 0.2) is 0 Å². The van der Waals surface area contributed by atoms with Crippen molar-refractivity contribution in [2.24, 2.45) is 0 Å². The van der Waals surface area contributed by atoms with Gasteiger partial charge < -0.3 is 0 Å². The third kappa shape index (κ3) is 1.97. The Balaban J connectivity index is 2.54. The molecular formula is C14H20N2. The fraction of sp³-hybridized carbons (Fsp3) is 0.500. The second kappa shape index (κ2) is 3.62. The number of pyridine rings is 1. The Labute approximate surface area is 97.3 Å². The molecule has 2 aromatic heterocycles. The highest BCUT2D eigenvalue weighted by atomic mass is 15.2. The van der Waals surface area contributed by atoms with Crippen LogP contribution in [0, 0.1) is 0 Å². The van der Waals surface area contributed by atoms with E-state index in [0.717, 1.165) is 5.69 Å². The highest BCUT2D eigenvalue weighted by molar-refractivity contribution is 5.49. The topological polar surface area (TPSA) is 17.3 Å². The van der Waals surface area contributed by atoms with Crippen LogP contribution in [0.3, 0.4) is 0 Å². The minimum atomic E-state index is 0.179. The van der Waals surface area contributed by atoms with Gasteiger partial charge in [0, 0.05) is 6.20 Å². The molecule has 2 heteroatoms. The van der Waals surface area contributed by atoms with Gasteiger partial charge in [0.05, 0.1) is 11.2 Å². The predicted octanol–water partition coefficient (Wildman–Crippen LogP) is 3.76. The van der Waals surface area contributed by atoms with Crippen LogP contribution in [0.25, 0.3) is 5.52 Å². The van der Waals surface area contributed by atoms with E-state index in [1.165, 1.54) is 11.1 Å². The van der Waals surface area contributed by atoms with Crippen molar-refractivity contribution in [3.8, 4) is 0 Å². The Morgan fingerprint density at radius 1 is 1.19 bits per heavy atom. The number of nitrogens with zero attached hydrogens (tertiary/aromatic N) is 2. The van der Waals surface area contributed by atoms with Crippen molar-refractivity contribution >= 4 is 5.52 Å². The van der Waals surface area contributed by atoms with Gasteiger partial charge in [-0.3, -0.25) is 0 Å². The van der Waals surface area contributed by atoms with Crippen LogP contribution in [0.5, 0.6) is 0 Å². The summed E-state index contributed by atoms with van der Waals surface area (Å²) in [5.74, 6) is 0.484. The van der Waals surface area contributed by atoms with E-state index < -0.39 is 0 Å². The van der Waals surface area contributed by atoms with Crippen LogP contribution < -0.4 is 0 Å². The van der Waals surface area contributed by atoms with E-state index in [2.05, 4.69) is 64.1 Å². The fourth-order valence-corrected chi connectivity index (χ4v) is 1.73. The van der Waals surface area contributed by atoms with Crippen LogP contribution in [-0.2, 0) is 5.41 Å². The molecule has 0 aliphatic rings. The van der Waals surface area contributed by atoms with E-state index in [0.29, 0.717) is 5.92 Å². The van der Waals surface area contributed by atoms with Gasteiger partial charge in [0.1, 0.15) is 0 Å². The van der Waals surface area contributed by atoms with Gasteiger partial charge >= 0.3 is 0 Å². The molecule has 2 heterocycles. The molecular weight excluding hydrogens is 196 g/mol. The van der Waals surface area contributed by atoms with E-state index in [9.17, 15) is 0 Å². The number of rotatable bonds is 1. The Bertz CT molecular complexity index is 501. The molecule has 0 spiro atoms. The summed E-state index contributed by atoms with van der Waals surface area (Å²) in [6.45, 7) is 11.0. The minimum absolute atomic E-state index is 0.179. The van der Waals surface area contributed by atoms with Gasteiger partial charge in [-0.25, -0.2) is 4.52 Å². The van der Waals surface area contributed by atoms with E-state index in [1.807, 2.05) is 4.52 Å². The van der Waals surface area contributed by atoms with Crippen LogP contribution in [0.1, 0.15) is 51.8 Å². The van der Waals surface area contributed by atoms with Crippen LogP contribution in [0.15, 0.2) is 24.4 Å². The first-order chi connectivity index (χ1) is 7.38. The first-order valence-electron chi connectivity index (χ1n) is 5.88. The lowest BCUT2D eigenvalue weighted by Gasteiger charge is -2.18. The van der Waals surface area contributed by atoms with Crippen molar-refractivity contribution in [1.29, 1.82) is 0 Å². The molecule has 2 nitrogen and oxygen atoms in total. The summed E-state index contributed by atoms with van der Waals surface area (Å²) in [5.41, 5.74) is 3.83. The number of aromatic nitrogens is 2. The maximum absolute atomic E-state index is 4.60. The minimum Gasteiger partial charge on any atom is -0.240 e. The molecule has 0 amide bonds. The summed E-state index contributed by atoms with van der Waals surface area (Å²) < 4.78 is 2.00. The lowest BCUT2D eigenvalue weighted by molar-refractivity contribution is 0.584. The molecule has 0 aliphatic heterocycles. The molecule has 0 saturated heterocycles. The summed E-state index contributed by atoms with van der Waals surface area (Å²) in [5, 5.41) is 4.60. The maximum atomic E-state index is 4.60. The van der Waals surface area contributed by atoms with E-state index >= 15 is 0 Å². The molecule has 0 fully saturated rings. The maximum Gasteiger partial charge on any atom is 0.0664 e. The van der Waals surface area contributed by atoms with Gasteiger partial charge in [0.25, 0.3) is 0 Å². The molecule has 0 aliphatic carbocycles. The normalized spacial score (nSPS) is 12.6. The molecule has 0 atom stereocenters. The van der Waals surface area contributed by atoms with Gasteiger partial charge in [-0.1, -0.05) is 40.7 Å². The summed E-state index contributed by atoms with van der Waals surface area (Å²) in [6.07, 6.45) is 2.14. The number of hydrogen-bond acceptors (Lipinski definition) is 1. The third-order valence-electron chi connectivity index (χ3n) is 2.94. The third-order valence-corrected chi connectivity index (χ3v) is 2.94. The molecule has 2 aromatic rings. The van der Waals surface area contributed by atoms with Gasteiger partial charge in [-0.2, -0.15) is 5.10 Å². The summed E-state index contributed by atoms with van der Waals surface area (Å²) >= 11 is 0. The largest absolute Gasteiger partial charge is 0.240 e. The quantitative estimate of drug-likeness (QED) is 0.709. The SMILES string of the molecule is CC(C)c1cc2ccc(C(C)(C)C)cn2n1. The Morgan fingerprint density at radius 2 is 1.88 bits per heavy atom. The molecule has 0 N–H and O–H groups in total. The molecule has 86 valence electrons. The molecule has 0 aromatic carbocycles. The van der Waals surface area contributed by atoms with E-state index in [1.54, 1.807) is 0 Å². The van der Waals surface area contributed by atoms with Gasteiger partial charge in [0.2, 0.25) is 0 Å². The zero-order chi connectivity index (χ0) is 11.9. The fourth-order valence-electron chi connectivity index (χ4n) is 1.73. The zero-order valence-corrected chi connectivity index (χ0v) is 10.8. The van der Waals surface area contributed by atoms with Crippen molar-refractivity contribution in [1.82, 2.24) is 9.61 Å². The molecule has 0 saturated carbocycles. The van der Waals surface area contributed by atoms with Gasteiger partial charge in [-0.05, 0) is 29.0 Å². The highest BCUT2D eigenvalue weighted by Gasteiger charge is 2.14. The van der Waals surface area contributed by atoms with Gasteiger partial charge in [-0.15, -0.1) is 0 Å². The standard InChI is InChI=1S/C14H20N2/c1-10(2)13-8-12-7-6-11(14(3,4)5)9-16(12)15-13/h6-10H,1-5H3. The zero-order valence-electron chi connectivity index (χ0n) is 10.8. The Morgan fingerprint density at radius 3 is 2.44 bits per heavy atom. The molecule has 0 radical (unpaired) electrons. The summed E-state index contributed by atoms with van der Waals surface area (Å²) in [7, 11) is 0. The highest BCUT2D eigenvalue weighted by Crippen LogP contribution is 2.23. The monoisotopic (exact) mass is 216 g/mol. The number of hydrogen-bond donors (Lipinski definition) is 0. The van der Waals surface area contributed by atoms with E-state index in [-0.39, 0.29) is 5.41 Å². The average molecular weight is 216 g/mol. The summed E-state index contributed by atoms with van der Waals surface area (Å²) in [6, 6.07) is 6.51. The van der Waals surface area contributed by atoms with Crippen LogP contribution in [-0.4, -0.2) is 9.61 Å². The summed E-state index contributed by atoms with van der Waals surface area (Å²) in [4.78, 5) is 0. The van der Waals surface area contributed by atoms with Crippen molar-refractivity contribution in [2.45, 2.75) is 46.0 Å². The second-order valence-corrected chi connectivity index (χ2v) is 5.76. The lowest BCUT2D eigenvalue weighted by Crippen LogP contribution is -2.12. The Hall–Kier alpha value is -1.31. The van der Waals surface area contributed by atoms with Crippen LogP contribution >= 0.6 is 0 Å². The first-order valence-corrected chi connectivity index (χ1v) is 5.88. The number of fused-ring (bicyclic) bond motifs is 1. The average Bonchev–Trinajstić information content (AvgIpc) is 2.58. The lowest BCUT2D eigenvalue weighted by atomic mass is 9.88. The van der Waals surface area contributed by atoms with Crippen molar-refractivity contribution in [3.63, 3.8) is 0 Å². The second-order valence-electron chi connectivity index (χ2n) is 5.76.